The average molecular weight is 169 g/mol. The Morgan fingerprint density at radius 3 is 2.55 bits per heavy atom. The molecular formula is C8H8FNS. The van der Waals surface area contributed by atoms with Gasteiger partial charge in [-0.3, -0.25) is 4.99 Å². The number of aliphatic imine (C=N–C) groups is 1. The van der Waals surface area contributed by atoms with Gasteiger partial charge in [-0.25, -0.2) is 4.39 Å². The monoisotopic (exact) mass is 169 g/mol. The summed E-state index contributed by atoms with van der Waals surface area (Å²) in [5.41, 5.74) is 2.49. The third-order valence-corrected chi connectivity index (χ3v) is 1.45. The molecule has 0 fully saturated rings. The molecule has 0 saturated heterocycles. The Kier molecular flexibility index (Phi) is 3.11. The number of benzene rings is 1. The molecule has 0 aromatic heterocycles. The molecule has 0 heterocycles. The zero-order valence-corrected chi connectivity index (χ0v) is 6.94. The second-order valence-electron chi connectivity index (χ2n) is 1.95. The lowest BCUT2D eigenvalue weighted by atomic mass is 10.3. The fourth-order valence-electron chi connectivity index (χ4n) is 0.641. The van der Waals surface area contributed by atoms with Crippen LogP contribution >= 0.6 is 11.8 Å². The molecule has 0 bridgehead atoms. The van der Waals surface area contributed by atoms with Gasteiger partial charge in [0.15, 0.2) is 0 Å². The number of nitrogens with zero attached hydrogens (tertiary/aromatic N) is 1. The second-order valence-corrected chi connectivity index (χ2v) is 2.63. The number of halogens is 1. The van der Waals surface area contributed by atoms with Crippen LogP contribution < -0.4 is 0 Å². The van der Waals surface area contributed by atoms with Crippen LogP contribution in [0.3, 0.4) is 0 Å². The fraction of sp³-hybridized carbons (Fsp3) is 0.125. The fourth-order valence-corrected chi connectivity index (χ4v) is 0.868. The summed E-state index contributed by atoms with van der Waals surface area (Å²) in [7, 11) is 0. The predicted octanol–water partition coefficient (Wildman–Crippen LogP) is 2.85. The largest absolute Gasteiger partial charge is 0.250 e. The van der Waals surface area contributed by atoms with E-state index < -0.39 is 0 Å². The standard InChI is InChI=1S/C8H8FNS/c1-11-6-10-8-4-2-7(9)3-5-8/h2-6H,1H3. The van der Waals surface area contributed by atoms with E-state index in [-0.39, 0.29) is 5.82 Å². The Morgan fingerprint density at radius 1 is 1.36 bits per heavy atom. The minimum absolute atomic E-state index is 0.229. The van der Waals surface area contributed by atoms with Crippen molar-refractivity contribution in [3.63, 3.8) is 0 Å². The molecule has 0 spiro atoms. The molecule has 1 nitrogen and oxygen atoms in total. The summed E-state index contributed by atoms with van der Waals surface area (Å²) in [6.45, 7) is 0. The van der Waals surface area contributed by atoms with Crippen molar-refractivity contribution in [2.75, 3.05) is 6.26 Å². The van der Waals surface area contributed by atoms with Crippen molar-refractivity contribution in [3.05, 3.63) is 30.1 Å². The molecule has 0 unspecified atom stereocenters. The summed E-state index contributed by atoms with van der Waals surface area (Å²) in [5, 5.41) is 0. The molecule has 1 rings (SSSR count). The third kappa shape index (κ3) is 2.72. The van der Waals surface area contributed by atoms with Gasteiger partial charge in [0.2, 0.25) is 0 Å². The van der Waals surface area contributed by atoms with Crippen molar-refractivity contribution in [1.82, 2.24) is 0 Å². The second kappa shape index (κ2) is 4.13. The molecule has 0 saturated carbocycles. The predicted molar refractivity (Wildman–Crippen MR) is 48.1 cm³/mol. The van der Waals surface area contributed by atoms with Crippen molar-refractivity contribution in [1.29, 1.82) is 0 Å². The quantitative estimate of drug-likeness (QED) is 0.490. The third-order valence-electron chi connectivity index (χ3n) is 1.13. The first-order valence-electron chi connectivity index (χ1n) is 3.14. The summed E-state index contributed by atoms with van der Waals surface area (Å²) < 4.78 is 12.4. The lowest BCUT2D eigenvalue weighted by molar-refractivity contribution is 0.628. The van der Waals surface area contributed by atoms with Crippen LogP contribution in [0.2, 0.25) is 0 Å². The van der Waals surface area contributed by atoms with Crippen LogP contribution in [0.4, 0.5) is 10.1 Å². The molecule has 0 radical (unpaired) electrons. The van der Waals surface area contributed by atoms with E-state index in [4.69, 9.17) is 0 Å². The molecule has 0 N–H and O–H groups in total. The van der Waals surface area contributed by atoms with E-state index in [2.05, 4.69) is 4.99 Å². The van der Waals surface area contributed by atoms with Crippen LogP contribution in [0, 0.1) is 5.82 Å². The lowest BCUT2D eigenvalue weighted by Crippen LogP contribution is -1.69. The number of thioether (sulfide) groups is 1. The van der Waals surface area contributed by atoms with Crippen LogP contribution in [0.15, 0.2) is 29.3 Å². The summed E-state index contributed by atoms with van der Waals surface area (Å²) >= 11 is 1.52. The van der Waals surface area contributed by atoms with Crippen molar-refractivity contribution < 1.29 is 4.39 Å². The van der Waals surface area contributed by atoms with Gasteiger partial charge in [0.05, 0.1) is 11.2 Å². The maximum atomic E-state index is 12.4. The van der Waals surface area contributed by atoms with Crippen LogP contribution in [-0.4, -0.2) is 11.8 Å². The Bertz CT molecular complexity index is 243. The van der Waals surface area contributed by atoms with Crippen molar-refractivity contribution >= 4 is 23.0 Å². The molecule has 3 heteroatoms. The molecular weight excluding hydrogens is 161 g/mol. The van der Waals surface area contributed by atoms with E-state index >= 15 is 0 Å². The molecule has 0 aliphatic heterocycles. The lowest BCUT2D eigenvalue weighted by Gasteiger charge is -1.90. The van der Waals surface area contributed by atoms with Gasteiger partial charge in [0, 0.05) is 0 Å². The van der Waals surface area contributed by atoms with E-state index in [9.17, 15) is 4.39 Å². The van der Waals surface area contributed by atoms with Gasteiger partial charge in [-0.05, 0) is 30.5 Å². The highest BCUT2D eigenvalue weighted by atomic mass is 32.2. The number of hydrogen-bond acceptors (Lipinski definition) is 2. The Balaban J connectivity index is 2.73. The van der Waals surface area contributed by atoms with Gasteiger partial charge in [0.1, 0.15) is 5.82 Å². The maximum absolute atomic E-state index is 12.4. The minimum Gasteiger partial charge on any atom is -0.250 e. The Morgan fingerprint density at radius 2 is 2.00 bits per heavy atom. The maximum Gasteiger partial charge on any atom is 0.123 e. The first-order valence-corrected chi connectivity index (χ1v) is 4.42. The van der Waals surface area contributed by atoms with E-state index in [1.54, 1.807) is 17.7 Å². The molecule has 0 amide bonds. The van der Waals surface area contributed by atoms with Crippen LogP contribution in [0.5, 0.6) is 0 Å². The van der Waals surface area contributed by atoms with Crippen molar-refractivity contribution in [2.45, 2.75) is 0 Å². The first kappa shape index (κ1) is 8.27. The van der Waals surface area contributed by atoms with Gasteiger partial charge in [-0.15, -0.1) is 11.8 Å². The van der Waals surface area contributed by atoms with E-state index in [0.29, 0.717) is 0 Å². The van der Waals surface area contributed by atoms with E-state index in [1.807, 2.05) is 6.26 Å². The summed E-state index contributed by atoms with van der Waals surface area (Å²) in [6.07, 6.45) is 1.92. The summed E-state index contributed by atoms with van der Waals surface area (Å²) in [4.78, 5) is 4.04. The van der Waals surface area contributed by atoms with E-state index in [0.717, 1.165) is 5.69 Å². The molecule has 11 heavy (non-hydrogen) atoms. The molecule has 0 aliphatic rings. The first-order chi connectivity index (χ1) is 5.33. The minimum atomic E-state index is -0.229. The van der Waals surface area contributed by atoms with Gasteiger partial charge in [-0.1, -0.05) is 0 Å². The highest BCUT2D eigenvalue weighted by molar-refractivity contribution is 8.11. The number of hydrogen-bond donors (Lipinski definition) is 0. The SMILES string of the molecule is CSC=Nc1ccc(F)cc1. The van der Waals surface area contributed by atoms with Gasteiger partial charge in [-0.2, -0.15) is 0 Å². The average Bonchev–Trinajstić information content (AvgIpc) is 2.04. The molecule has 1 aromatic carbocycles. The van der Waals surface area contributed by atoms with Gasteiger partial charge >= 0.3 is 0 Å². The summed E-state index contributed by atoms with van der Waals surface area (Å²) in [5.74, 6) is -0.229. The Hall–Kier alpha value is -0.830. The van der Waals surface area contributed by atoms with Crippen LogP contribution in [0.25, 0.3) is 0 Å². The Labute approximate surface area is 69.3 Å². The molecule has 58 valence electrons. The van der Waals surface area contributed by atoms with E-state index in [1.165, 1.54) is 23.9 Å². The van der Waals surface area contributed by atoms with Gasteiger partial charge < -0.3 is 0 Å². The van der Waals surface area contributed by atoms with Gasteiger partial charge in [0.25, 0.3) is 0 Å². The summed E-state index contributed by atoms with van der Waals surface area (Å²) in [6, 6.07) is 6.07. The zero-order chi connectivity index (χ0) is 8.10. The normalized spacial score (nSPS) is 10.7. The smallest absolute Gasteiger partial charge is 0.123 e. The molecule has 1 aromatic rings. The molecule has 0 aliphatic carbocycles. The van der Waals surface area contributed by atoms with Crippen molar-refractivity contribution in [3.8, 4) is 0 Å². The number of rotatable bonds is 2. The van der Waals surface area contributed by atoms with Crippen molar-refractivity contribution in [2.24, 2.45) is 4.99 Å². The molecule has 0 atom stereocenters. The zero-order valence-electron chi connectivity index (χ0n) is 6.12. The van der Waals surface area contributed by atoms with Crippen LogP contribution in [-0.2, 0) is 0 Å². The van der Waals surface area contributed by atoms with Crippen LogP contribution in [0.1, 0.15) is 0 Å². The highest BCUT2D eigenvalue weighted by Gasteiger charge is 1.87. The topological polar surface area (TPSA) is 12.4 Å². The highest BCUT2D eigenvalue weighted by Crippen LogP contribution is 2.11.